The normalized spacial score (nSPS) is 11.6. The van der Waals surface area contributed by atoms with Crippen molar-refractivity contribution in [3.63, 3.8) is 0 Å². The number of aryl methyl sites for hydroxylation is 1. The molecule has 0 aliphatic heterocycles. The SMILES string of the molecule is CCN(CC(=O)Nc1ccc(NC(C)=O)cc1)[C@@H](C)C(=O)Nc1cccc(C)c1. The number of rotatable bonds is 8. The van der Waals surface area contributed by atoms with Crippen LogP contribution in [0.4, 0.5) is 17.1 Å². The van der Waals surface area contributed by atoms with Gasteiger partial charge in [0.25, 0.3) is 0 Å². The Kier molecular flexibility index (Phi) is 7.91. The van der Waals surface area contributed by atoms with Gasteiger partial charge in [0.05, 0.1) is 12.6 Å². The van der Waals surface area contributed by atoms with Crippen LogP contribution in [0.2, 0.25) is 0 Å². The zero-order valence-electron chi connectivity index (χ0n) is 17.3. The van der Waals surface area contributed by atoms with Crippen LogP contribution < -0.4 is 16.0 Å². The van der Waals surface area contributed by atoms with E-state index in [0.717, 1.165) is 11.3 Å². The Labute approximate surface area is 171 Å². The molecular formula is C22H28N4O3. The average molecular weight is 396 g/mol. The monoisotopic (exact) mass is 396 g/mol. The third-order valence-electron chi connectivity index (χ3n) is 4.45. The average Bonchev–Trinajstić information content (AvgIpc) is 2.66. The second-order valence-electron chi connectivity index (χ2n) is 6.90. The van der Waals surface area contributed by atoms with E-state index in [-0.39, 0.29) is 24.3 Å². The highest BCUT2D eigenvalue weighted by Gasteiger charge is 2.22. The topological polar surface area (TPSA) is 90.5 Å². The number of carbonyl (C=O) groups excluding carboxylic acids is 3. The van der Waals surface area contributed by atoms with Gasteiger partial charge in [-0.15, -0.1) is 0 Å². The first kappa shape index (κ1) is 22.1. The lowest BCUT2D eigenvalue weighted by Gasteiger charge is -2.26. The molecule has 0 bridgehead atoms. The van der Waals surface area contributed by atoms with Crippen LogP contribution in [0.3, 0.4) is 0 Å². The molecule has 0 saturated carbocycles. The molecule has 7 heteroatoms. The molecular weight excluding hydrogens is 368 g/mol. The predicted octanol–water partition coefficient (Wildman–Crippen LogP) is 3.24. The van der Waals surface area contributed by atoms with Gasteiger partial charge in [-0.05, 0) is 62.4 Å². The van der Waals surface area contributed by atoms with E-state index in [1.807, 2.05) is 38.1 Å². The Bertz CT molecular complexity index is 865. The molecule has 0 saturated heterocycles. The predicted molar refractivity (Wildman–Crippen MR) is 116 cm³/mol. The van der Waals surface area contributed by atoms with E-state index in [0.29, 0.717) is 17.9 Å². The Morgan fingerprint density at radius 3 is 2.10 bits per heavy atom. The van der Waals surface area contributed by atoms with E-state index in [1.54, 1.807) is 36.1 Å². The van der Waals surface area contributed by atoms with Crippen molar-refractivity contribution in [1.29, 1.82) is 0 Å². The van der Waals surface area contributed by atoms with Crippen LogP contribution in [0.5, 0.6) is 0 Å². The zero-order valence-corrected chi connectivity index (χ0v) is 17.3. The molecule has 2 aromatic carbocycles. The fourth-order valence-corrected chi connectivity index (χ4v) is 2.88. The highest BCUT2D eigenvalue weighted by atomic mass is 16.2. The second-order valence-corrected chi connectivity index (χ2v) is 6.90. The van der Waals surface area contributed by atoms with Crippen molar-refractivity contribution < 1.29 is 14.4 Å². The van der Waals surface area contributed by atoms with Crippen LogP contribution >= 0.6 is 0 Å². The Balaban J connectivity index is 1.92. The van der Waals surface area contributed by atoms with Crippen molar-refractivity contribution >= 4 is 34.8 Å². The molecule has 0 heterocycles. The third-order valence-corrected chi connectivity index (χ3v) is 4.45. The lowest BCUT2D eigenvalue weighted by Crippen LogP contribution is -2.45. The first-order valence-electron chi connectivity index (χ1n) is 9.57. The van der Waals surface area contributed by atoms with E-state index in [9.17, 15) is 14.4 Å². The standard InChI is InChI=1S/C22H28N4O3/c1-5-26(16(3)22(29)25-20-8-6-7-15(2)13-20)14-21(28)24-19-11-9-18(10-12-19)23-17(4)27/h6-13,16H,5,14H2,1-4H3,(H,23,27)(H,24,28)(H,25,29)/t16-/m0/s1. The summed E-state index contributed by atoms with van der Waals surface area (Å²) in [5.41, 5.74) is 3.08. The van der Waals surface area contributed by atoms with Gasteiger partial charge in [-0.1, -0.05) is 19.1 Å². The van der Waals surface area contributed by atoms with Crippen molar-refractivity contribution in [2.45, 2.75) is 33.7 Å². The minimum atomic E-state index is -0.464. The summed E-state index contributed by atoms with van der Waals surface area (Å²) in [7, 11) is 0. The summed E-state index contributed by atoms with van der Waals surface area (Å²) in [5.74, 6) is -0.530. The molecule has 3 N–H and O–H groups in total. The van der Waals surface area contributed by atoms with Crippen molar-refractivity contribution in [3.8, 4) is 0 Å². The molecule has 3 amide bonds. The van der Waals surface area contributed by atoms with Crippen molar-refractivity contribution in [2.75, 3.05) is 29.0 Å². The number of nitrogens with zero attached hydrogens (tertiary/aromatic N) is 1. The largest absolute Gasteiger partial charge is 0.326 e. The molecule has 0 unspecified atom stereocenters. The Hall–Kier alpha value is -3.19. The number of carbonyl (C=O) groups is 3. The quantitative estimate of drug-likeness (QED) is 0.639. The summed E-state index contributed by atoms with van der Waals surface area (Å²) >= 11 is 0. The van der Waals surface area contributed by atoms with Gasteiger partial charge >= 0.3 is 0 Å². The molecule has 0 aliphatic rings. The van der Waals surface area contributed by atoms with Crippen LogP contribution in [-0.2, 0) is 14.4 Å². The number of nitrogens with one attached hydrogen (secondary N) is 3. The molecule has 154 valence electrons. The Morgan fingerprint density at radius 1 is 0.931 bits per heavy atom. The van der Waals surface area contributed by atoms with Crippen molar-refractivity contribution in [1.82, 2.24) is 4.90 Å². The summed E-state index contributed by atoms with van der Waals surface area (Å²) in [6, 6.07) is 14.0. The van der Waals surface area contributed by atoms with Gasteiger partial charge in [0.15, 0.2) is 0 Å². The molecule has 2 aromatic rings. The molecule has 0 aromatic heterocycles. The molecule has 1 atom stereocenters. The number of likely N-dealkylation sites (N-methyl/N-ethyl adjacent to an activating group) is 1. The molecule has 2 rings (SSSR count). The smallest absolute Gasteiger partial charge is 0.241 e. The summed E-state index contributed by atoms with van der Waals surface area (Å²) in [4.78, 5) is 37.9. The number of hydrogen-bond acceptors (Lipinski definition) is 4. The Morgan fingerprint density at radius 2 is 1.55 bits per heavy atom. The number of amides is 3. The van der Waals surface area contributed by atoms with E-state index in [1.165, 1.54) is 6.92 Å². The highest BCUT2D eigenvalue weighted by molar-refractivity contribution is 5.96. The van der Waals surface area contributed by atoms with Crippen molar-refractivity contribution in [2.24, 2.45) is 0 Å². The van der Waals surface area contributed by atoms with Gasteiger partial charge in [0.2, 0.25) is 17.7 Å². The maximum atomic E-state index is 12.6. The van der Waals surface area contributed by atoms with Crippen LogP contribution in [0.25, 0.3) is 0 Å². The molecule has 29 heavy (non-hydrogen) atoms. The van der Waals surface area contributed by atoms with Gasteiger partial charge in [-0.2, -0.15) is 0 Å². The third kappa shape index (κ3) is 7.04. The van der Waals surface area contributed by atoms with E-state index in [4.69, 9.17) is 0 Å². The maximum absolute atomic E-state index is 12.6. The first-order chi connectivity index (χ1) is 13.8. The molecule has 0 fully saturated rings. The van der Waals surface area contributed by atoms with Crippen LogP contribution in [-0.4, -0.2) is 41.8 Å². The maximum Gasteiger partial charge on any atom is 0.241 e. The van der Waals surface area contributed by atoms with Crippen LogP contribution in [0.15, 0.2) is 48.5 Å². The summed E-state index contributed by atoms with van der Waals surface area (Å²) < 4.78 is 0. The highest BCUT2D eigenvalue weighted by Crippen LogP contribution is 2.14. The summed E-state index contributed by atoms with van der Waals surface area (Å²) in [6.45, 7) is 7.73. The fourth-order valence-electron chi connectivity index (χ4n) is 2.88. The van der Waals surface area contributed by atoms with Gasteiger partial charge in [-0.3, -0.25) is 19.3 Å². The van der Waals surface area contributed by atoms with Gasteiger partial charge in [-0.25, -0.2) is 0 Å². The van der Waals surface area contributed by atoms with E-state index < -0.39 is 6.04 Å². The van der Waals surface area contributed by atoms with Gasteiger partial charge in [0, 0.05) is 24.0 Å². The minimum Gasteiger partial charge on any atom is -0.326 e. The summed E-state index contributed by atoms with van der Waals surface area (Å²) in [5, 5.41) is 8.38. The molecule has 0 radical (unpaired) electrons. The fraction of sp³-hybridized carbons (Fsp3) is 0.318. The van der Waals surface area contributed by atoms with Crippen LogP contribution in [0, 0.1) is 6.92 Å². The number of anilines is 3. The number of hydrogen-bond donors (Lipinski definition) is 3. The molecule has 0 spiro atoms. The van der Waals surface area contributed by atoms with Gasteiger partial charge in [0.1, 0.15) is 0 Å². The minimum absolute atomic E-state index is 0.0896. The van der Waals surface area contributed by atoms with E-state index in [2.05, 4.69) is 16.0 Å². The molecule has 0 aliphatic carbocycles. The lowest BCUT2D eigenvalue weighted by molar-refractivity contribution is -0.123. The van der Waals surface area contributed by atoms with Crippen molar-refractivity contribution in [3.05, 3.63) is 54.1 Å². The molecule has 7 nitrogen and oxygen atoms in total. The lowest BCUT2D eigenvalue weighted by atomic mass is 10.2. The van der Waals surface area contributed by atoms with E-state index >= 15 is 0 Å². The van der Waals surface area contributed by atoms with Crippen LogP contribution in [0.1, 0.15) is 26.3 Å². The second kappa shape index (κ2) is 10.4. The number of benzene rings is 2. The first-order valence-corrected chi connectivity index (χ1v) is 9.57. The summed E-state index contributed by atoms with van der Waals surface area (Å²) in [6.07, 6.45) is 0. The van der Waals surface area contributed by atoms with Gasteiger partial charge < -0.3 is 16.0 Å². The zero-order chi connectivity index (χ0) is 21.4.